The van der Waals surface area contributed by atoms with E-state index in [-0.39, 0.29) is 12.3 Å². The van der Waals surface area contributed by atoms with Gasteiger partial charge in [-0.05, 0) is 29.6 Å². The van der Waals surface area contributed by atoms with Crippen LogP contribution in [-0.2, 0) is 10.0 Å². The fourth-order valence-electron chi connectivity index (χ4n) is 1.44. The van der Waals surface area contributed by atoms with Crippen LogP contribution < -0.4 is 10.0 Å². The van der Waals surface area contributed by atoms with E-state index in [1.807, 2.05) is 30.3 Å². The molecule has 9 heteroatoms. The van der Waals surface area contributed by atoms with Crippen molar-refractivity contribution in [2.75, 3.05) is 24.7 Å². The Balaban J connectivity index is 2.05. The van der Waals surface area contributed by atoms with Gasteiger partial charge in [0, 0.05) is 6.54 Å². The molecule has 0 radical (unpaired) electrons. The van der Waals surface area contributed by atoms with Gasteiger partial charge < -0.3 is 5.32 Å². The van der Waals surface area contributed by atoms with Gasteiger partial charge in [0.25, 0.3) is 0 Å². The Bertz CT molecular complexity index is 624. The highest BCUT2D eigenvalue weighted by molar-refractivity contribution is 7.89. The molecule has 1 aromatic carbocycles. The van der Waals surface area contributed by atoms with Crippen molar-refractivity contribution in [2.24, 2.45) is 0 Å². The summed E-state index contributed by atoms with van der Waals surface area (Å²) in [6.45, 7) is 0.219. The number of hydrogen-bond acceptors (Lipinski definition) is 6. The van der Waals surface area contributed by atoms with Gasteiger partial charge in [0.1, 0.15) is 0 Å². The fourth-order valence-corrected chi connectivity index (χ4v) is 2.01. The monoisotopic (exact) mass is 282 g/mol. The van der Waals surface area contributed by atoms with Gasteiger partial charge in [-0.25, -0.2) is 13.1 Å². The van der Waals surface area contributed by atoms with Crippen LogP contribution in [0.15, 0.2) is 30.3 Å². The first-order chi connectivity index (χ1) is 9.12. The summed E-state index contributed by atoms with van der Waals surface area (Å²) in [4.78, 5) is 0. The number of nitrogens with zero attached hydrogens (tertiary/aromatic N) is 4. The number of anilines is 1. The van der Waals surface area contributed by atoms with E-state index in [1.54, 1.807) is 0 Å². The minimum atomic E-state index is -3.24. The topological polar surface area (TPSA) is 102 Å². The SMILES string of the molecule is CNS(=O)(=O)CCNc1nnnn1-c1ccccc1. The molecule has 0 fully saturated rings. The molecule has 0 aliphatic carbocycles. The normalized spacial score (nSPS) is 11.4. The van der Waals surface area contributed by atoms with Crippen LogP contribution in [0.4, 0.5) is 5.95 Å². The van der Waals surface area contributed by atoms with Crippen LogP contribution in [0.1, 0.15) is 0 Å². The van der Waals surface area contributed by atoms with Gasteiger partial charge in [-0.3, -0.25) is 0 Å². The predicted molar refractivity (Wildman–Crippen MR) is 70.5 cm³/mol. The van der Waals surface area contributed by atoms with Crippen LogP contribution in [0.5, 0.6) is 0 Å². The summed E-state index contributed by atoms with van der Waals surface area (Å²) >= 11 is 0. The van der Waals surface area contributed by atoms with Crippen molar-refractivity contribution in [2.45, 2.75) is 0 Å². The van der Waals surface area contributed by atoms with Gasteiger partial charge in [0.2, 0.25) is 16.0 Å². The lowest BCUT2D eigenvalue weighted by molar-refractivity contribution is 0.588. The molecular formula is C10H14N6O2S. The number of benzene rings is 1. The lowest BCUT2D eigenvalue weighted by atomic mass is 10.3. The molecule has 2 rings (SSSR count). The van der Waals surface area contributed by atoms with E-state index in [1.165, 1.54) is 11.7 Å². The predicted octanol–water partition coefficient (Wildman–Crippen LogP) is -0.377. The van der Waals surface area contributed by atoms with Crippen molar-refractivity contribution in [3.8, 4) is 5.69 Å². The summed E-state index contributed by atoms with van der Waals surface area (Å²) in [5, 5.41) is 14.1. The Morgan fingerprint density at radius 1 is 1.26 bits per heavy atom. The Labute approximate surface area is 110 Å². The van der Waals surface area contributed by atoms with E-state index < -0.39 is 10.0 Å². The van der Waals surface area contributed by atoms with Gasteiger partial charge >= 0.3 is 0 Å². The molecule has 8 nitrogen and oxygen atoms in total. The maximum atomic E-state index is 11.3. The molecule has 0 aliphatic rings. The standard InChI is InChI=1S/C10H14N6O2S/c1-11-19(17,18)8-7-12-10-13-14-15-16(10)9-5-3-2-4-6-9/h2-6,11H,7-8H2,1H3,(H,12,13,15). The molecule has 0 spiro atoms. The van der Waals surface area contributed by atoms with Crippen molar-refractivity contribution in [1.82, 2.24) is 24.9 Å². The Morgan fingerprint density at radius 2 is 2.00 bits per heavy atom. The average molecular weight is 282 g/mol. The summed E-state index contributed by atoms with van der Waals surface area (Å²) in [6, 6.07) is 9.33. The maximum absolute atomic E-state index is 11.3. The number of nitrogens with one attached hydrogen (secondary N) is 2. The number of hydrogen-bond donors (Lipinski definition) is 2. The molecule has 0 aliphatic heterocycles. The second kappa shape index (κ2) is 5.76. The first-order valence-electron chi connectivity index (χ1n) is 5.61. The van der Waals surface area contributed by atoms with Crippen molar-refractivity contribution in [3.63, 3.8) is 0 Å². The molecule has 0 bridgehead atoms. The zero-order chi connectivity index (χ0) is 13.7. The van der Waals surface area contributed by atoms with E-state index in [9.17, 15) is 8.42 Å². The molecule has 19 heavy (non-hydrogen) atoms. The van der Waals surface area contributed by atoms with E-state index in [0.29, 0.717) is 5.95 Å². The smallest absolute Gasteiger partial charge is 0.247 e. The third kappa shape index (κ3) is 3.48. The molecule has 0 unspecified atom stereocenters. The van der Waals surface area contributed by atoms with E-state index in [2.05, 4.69) is 25.6 Å². The zero-order valence-corrected chi connectivity index (χ0v) is 11.1. The van der Waals surface area contributed by atoms with Crippen LogP contribution >= 0.6 is 0 Å². The molecule has 2 aromatic rings. The van der Waals surface area contributed by atoms with E-state index in [4.69, 9.17) is 0 Å². The Hall–Kier alpha value is -2.00. The first-order valence-corrected chi connectivity index (χ1v) is 7.26. The highest BCUT2D eigenvalue weighted by atomic mass is 32.2. The third-order valence-corrected chi connectivity index (χ3v) is 3.80. The minimum Gasteiger partial charge on any atom is -0.352 e. The highest BCUT2D eigenvalue weighted by Crippen LogP contribution is 2.09. The van der Waals surface area contributed by atoms with Crippen molar-refractivity contribution < 1.29 is 8.42 Å². The number of para-hydroxylation sites is 1. The molecule has 2 N–H and O–H groups in total. The van der Waals surface area contributed by atoms with Crippen molar-refractivity contribution in [1.29, 1.82) is 0 Å². The summed E-state index contributed by atoms with van der Waals surface area (Å²) in [7, 11) is -1.86. The second-order valence-corrected chi connectivity index (χ2v) is 5.75. The third-order valence-electron chi connectivity index (χ3n) is 2.44. The Morgan fingerprint density at radius 3 is 2.68 bits per heavy atom. The lowest BCUT2D eigenvalue weighted by Gasteiger charge is -2.06. The molecule has 0 saturated heterocycles. The largest absolute Gasteiger partial charge is 0.352 e. The fraction of sp³-hybridized carbons (Fsp3) is 0.300. The second-order valence-electron chi connectivity index (χ2n) is 3.70. The first kappa shape index (κ1) is 13.4. The zero-order valence-electron chi connectivity index (χ0n) is 10.3. The van der Waals surface area contributed by atoms with E-state index in [0.717, 1.165) is 5.69 Å². The van der Waals surface area contributed by atoms with Crippen LogP contribution in [0.2, 0.25) is 0 Å². The highest BCUT2D eigenvalue weighted by Gasteiger charge is 2.10. The summed E-state index contributed by atoms with van der Waals surface area (Å²) < 4.78 is 26.3. The van der Waals surface area contributed by atoms with Crippen molar-refractivity contribution >= 4 is 16.0 Å². The number of tetrazole rings is 1. The lowest BCUT2D eigenvalue weighted by Crippen LogP contribution is -2.26. The van der Waals surface area contributed by atoms with Crippen molar-refractivity contribution in [3.05, 3.63) is 30.3 Å². The molecule has 0 saturated carbocycles. The van der Waals surface area contributed by atoms with Gasteiger partial charge in [-0.1, -0.05) is 23.3 Å². The number of aromatic nitrogens is 4. The van der Waals surface area contributed by atoms with Gasteiger partial charge in [0.05, 0.1) is 11.4 Å². The molecule has 0 atom stereocenters. The maximum Gasteiger partial charge on any atom is 0.247 e. The average Bonchev–Trinajstić information content (AvgIpc) is 2.88. The molecule has 1 heterocycles. The van der Waals surface area contributed by atoms with Gasteiger partial charge in [0.15, 0.2) is 0 Å². The summed E-state index contributed by atoms with van der Waals surface area (Å²) in [5.41, 5.74) is 0.798. The van der Waals surface area contributed by atoms with Crippen LogP contribution in [0.3, 0.4) is 0 Å². The molecule has 1 aromatic heterocycles. The minimum absolute atomic E-state index is 0.0504. The van der Waals surface area contributed by atoms with Gasteiger partial charge in [-0.2, -0.15) is 4.68 Å². The molecule has 102 valence electrons. The number of sulfonamides is 1. The Kier molecular flexibility index (Phi) is 4.07. The van der Waals surface area contributed by atoms with Crippen LogP contribution in [-0.4, -0.2) is 48.0 Å². The van der Waals surface area contributed by atoms with E-state index >= 15 is 0 Å². The summed E-state index contributed by atoms with van der Waals surface area (Å²) in [6.07, 6.45) is 0. The quantitative estimate of drug-likeness (QED) is 0.749. The molecule has 0 amide bonds. The molecular weight excluding hydrogens is 268 g/mol. The van der Waals surface area contributed by atoms with Crippen LogP contribution in [0, 0.1) is 0 Å². The number of rotatable bonds is 6. The van der Waals surface area contributed by atoms with Gasteiger partial charge in [-0.15, -0.1) is 0 Å². The van der Waals surface area contributed by atoms with Crippen LogP contribution in [0.25, 0.3) is 5.69 Å². The summed E-state index contributed by atoms with van der Waals surface area (Å²) in [5.74, 6) is 0.350.